The van der Waals surface area contributed by atoms with E-state index in [0.29, 0.717) is 36.4 Å². The third-order valence-electron chi connectivity index (χ3n) is 5.18. The molecule has 7 heteroatoms. The molecule has 3 aromatic rings. The van der Waals surface area contributed by atoms with Crippen molar-refractivity contribution >= 4 is 34.4 Å². The highest BCUT2D eigenvalue weighted by Gasteiger charge is 2.17. The first-order valence-corrected chi connectivity index (χ1v) is 11.5. The van der Waals surface area contributed by atoms with Gasteiger partial charge in [-0.2, -0.15) is 0 Å². The second-order valence-electron chi connectivity index (χ2n) is 9.20. The van der Waals surface area contributed by atoms with Crippen molar-refractivity contribution in [3.63, 3.8) is 0 Å². The number of aromatic nitrogens is 3. The predicted octanol–water partition coefficient (Wildman–Crippen LogP) is 4.84. The highest BCUT2D eigenvalue weighted by molar-refractivity contribution is 5.95. The molecule has 0 aliphatic carbocycles. The number of carbonyl (C=O) groups is 1. The number of nitrogens with one attached hydrogen (secondary N) is 1. The number of ketones is 1. The number of Topliss-reactive ketones (excluding diaryl/α,β-unsaturated/α-hetero) is 1. The molecule has 172 valence electrons. The normalized spacial score (nSPS) is 11.5. The molecule has 0 bridgehead atoms. The summed E-state index contributed by atoms with van der Waals surface area (Å²) in [5.74, 6) is 2.79. The minimum absolute atomic E-state index is 0.0342. The number of aryl methyl sites for hydroxylation is 1. The van der Waals surface area contributed by atoms with Gasteiger partial charge in [0.1, 0.15) is 11.3 Å². The first-order chi connectivity index (χ1) is 15.3. The molecule has 3 rings (SSSR count). The number of carbonyl (C=O) groups excluding carboxylic acids is 1. The number of anilines is 3. The number of imidazole rings is 1. The molecule has 3 N–H and O–H groups in total. The maximum Gasteiger partial charge on any atom is 0.209 e. The molecule has 0 fully saturated rings. The Labute approximate surface area is 191 Å². The van der Waals surface area contributed by atoms with Crippen LogP contribution in [0.1, 0.15) is 51.4 Å². The summed E-state index contributed by atoms with van der Waals surface area (Å²) in [6.45, 7) is 13.7. The Bertz CT molecular complexity index is 1050. The topological polar surface area (TPSA) is 89.1 Å². The standard InChI is InChI=1S/C25H36N6O/c1-17(2)15-30(16-18(3)4)23-11-10-22-24(29-23)31(13-7-12-26)25(28-22)27-21-9-6-8-20(14-21)19(5)32/h6,8-11,14,17-18H,7,12-13,15-16,26H2,1-5H3,(H,27,28). The zero-order valence-corrected chi connectivity index (χ0v) is 19.9. The van der Waals surface area contributed by atoms with E-state index in [1.165, 1.54) is 0 Å². The van der Waals surface area contributed by atoms with Crippen LogP contribution in [0.3, 0.4) is 0 Å². The highest BCUT2D eigenvalue weighted by atomic mass is 16.1. The van der Waals surface area contributed by atoms with Crippen LogP contribution in [0, 0.1) is 11.8 Å². The minimum atomic E-state index is 0.0342. The number of hydrogen-bond acceptors (Lipinski definition) is 6. The maximum atomic E-state index is 11.8. The van der Waals surface area contributed by atoms with Gasteiger partial charge in [-0.25, -0.2) is 9.97 Å². The van der Waals surface area contributed by atoms with Gasteiger partial charge in [-0.05, 0) is 56.0 Å². The molecule has 0 spiro atoms. The van der Waals surface area contributed by atoms with Gasteiger partial charge in [0.2, 0.25) is 5.95 Å². The quantitative estimate of drug-likeness (QED) is 0.418. The monoisotopic (exact) mass is 436 g/mol. The van der Waals surface area contributed by atoms with E-state index >= 15 is 0 Å². The average Bonchev–Trinajstić information content (AvgIpc) is 3.07. The van der Waals surface area contributed by atoms with Crippen LogP contribution >= 0.6 is 0 Å². The van der Waals surface area contributed by atoms with Gasteiger partial charge in [-0.1, -0.05) is 39.8 Å². The summed E-state index contributed by atoms with van der Waals surface area (Å²) in [5, 5.41) is 3.38. The smallest absolute Gasteiger partial charge is 0.209 e. The Kier molecular flexibility index (Phi) is 7.85. The van der Waals surface area contributed by atoms with E-state index in [1.54, 1.807) is 6.92 Å². The summed E-state index contributed by atoms with van der Waals surface area (Å²) in [6, 6.07) is 11.6. The molecular weight excluding hydrogens is 400 g/mol. The molecule has 1 aromatic carbocycles. The fraction of sp³-hybridized carbons (Fsp3) is 0.480. The molecule has 2 aromatic heterocycles. The summed E-state index contributed by atoms with van der Waals surface area (Å²) < 4.78 is 2.09. The SMILES string of the molecule is CC(=O)c1cccc(Nc2nc3ccc(N(CC(C)C)CC(C)C)nc3n2CCCN)c1. The maximum absolute atomic E-state index is 11.8. The molecule has 2 heterocycles. The van der Waals surface area contributed by atoms with E-state index in [9.17, 15) is 4.79 Å². The van der Waals surface area contributed by atoms with Crippen LogP contribution in [0.4, 0.5) is 17.5 Å². The van der Waals surface area contributed by atoms with Gasteiger partial charge >= 0.3 is 0 Å². The van der Waals surface area contributed by atoms with Crippen molar-refractivity contribution in [2.24, 2.45) is 17.6 Å². The number of nitrogens with two attached hydrogens (primary N) is 1. The summed E-state index contributed by atoms with van der Waals surface area (Å²) in [6.07, 6.45) is 0.821. The van der Waals surface area contributed by atoms with Gasteiger partial charge in [-0.15, -0.1) is 0 Å². The Morgan fingerprint density at radius 1 is 1.09 bits per heavy atom. The van der Waals surface area contributed by atoms with Gasteiger partial charge in [0.05, 0.1) is 0 Å². The molecule has 0 atom stereocenters. The van der Waals surface area contributed by atoms with Crippen molar-refractivity contribution in [1.29, 1.82) is 0 Å². The third-order valence-corrected chi connectivity index (χ3v) is 5.18. The van der Waals surface area contributed by atoms with Gasteiger partial charge in [0, 0.05) is 30.9 Å². The molecule has 0 aliphatic heterocycles. The average molecular weight is 437 g/mol. The Hall–Kier alpha value is -2.93. The van der Waals surface area contributed by atoms with E-state index in [2.05, 4.69) is 48.5 Å². The van der Waals surface area contributed by atoms with Crippen LogP contribution in [0.5, 0.6) is 0 Å². The Morgan fingerprint density at radius 2 is 1.81 bits per heavy atom. The van der Waals surface area contributed by atoms with E-state index in [-0.39, 0.29) is 5.78 Å². The number of fused-ring (bicyclic) bond motifs is 1. The molecule has 0 radical (unpaired) electrons. The number of benzene rings is 1. The van der Waals surface area contributed by atoms with Gasteiger partial charge in [0.25, 0.3) is 0 Å². The van der Waals surface area contributed by atoms with Crippen LogP contribution in [0.15, 0.2) is 36.4 Å². The van der Waals surface area contributed by atoms with E-state index in [4.69, 9.17) is 15.7 Å². The lowest BCUT2D eigenvalue weighted by Crippen LogP contribution is -2.32. The lowest BCUT2D eigenvalue weighted by molar-refractivity contribution is 0.101. The first-order valence-electron chi connectivity index (χ1n) is 11.5. The van der Waals surface area contributed by atoms with E-state index in [0.717, 1.165) is 42.2 Å². The second kappa shape index (κ2) is 10.6. The van der Waals surface area contributed by atoms with Crippen LogP contribution in [0.25, 0.3) is 11.2 Å². The lowest BCUT2D eigenvalue weighted by Gasteiger charge is -2.27. The zero-order valence-electron chi connectivity index (χ0n) is 19.9. The van der Waals surface area contributed by atoms with E-state index < -0.39 is 0 Å². The number of hydrogen-bond donors (Lipinski definition) is 2. The minimum Gasteiger partial charge on any atom is -0.356 e. The molecular formula is C25H36N6O. The van der Waals surface area contributed by atoms with Crippen molar-refractivity contribution in [3.8, 4) is 0 Å². The number of rotatable bonds is 11. The van der Waals surface area contributed by atoms with Gasteiger partial charge in [-0.3, -0.25) is 9.36 Å². The Balaban J connectivity index is 2.02. The summed E-state index contributed by atoms with van der Waals surface area (Å²) in [7, 11) is 0. The van der Waals surface area contributed by atoms with Crippen LogP contribution in [-0.2, 0) is 6.54 Å². The van der Waals surface area contributed by atoms with Gasteiger partial charge < -0.3 is 16.0 Å². The highest BCUT2D eigenvalue weighted by Crippen LogP contribution is 2.26. The van der Waals surface area contributed by atoms with Gasteiger partial charge in [0.15, 0.2) is 11.4 Å². The molecule has 0 saturated heterocycles. The van der Waals surface area contributed by atoms with E-state index in [1.807, 2.05) is 30.3 Å². The molecule has 0 saturated carbocycles. The van der Waals surface area contributed by atoms with Crippen LogP contribution < -0.4 is 16.0 Å². The van der Waals surface area contributed by atoms with Crippen molar-refractivity contribution in [3.05, 3.63) is 42.0 Å². The first kappa shape index (κ1) is 23.7. The number of pyridine rings is 1. The summed E-state index contributed by atoms with van der Waals surface area (Å²) >= 11 is 0. The van der Waals surface area contributed by atoms with Crippen molar-refractivity contribution < 1.29 is 4.79 Å². The summed E-state index contributed by atoms with van der Waals surface area (Å²) in [5.41, 5.74) is 8.98. The van der Waals surface area contributed by atoms with Crippen LogP contribution in [0.2, 0.25) is 0 Å². The number of nitrogens with zero attached hydrogens (tertiary/aromatic N) is 4. The summed E-state index contributed by atoms with van der Waals surface area (Å²) in [4.78, 5) is 24.0. The van der Waals surface area contributed by atoms with Crippen molar-refractivity contribution in [2.45, 2.75) is 47.6 Å². The third kappa shape index (κ3) is 5.85. The van der Waals surface area contributed by atoms with Crippen molar-refractivity contribution in [2.75, 3.05) is 29.9 Å². The molecule has 0 unspecified atom stereocenters. The zero-order chi connectivity index (χ0) is 23.3. The largest absolute Gasteiger partial charge is 0.356 e. The lowest BCUT2D eigenvalue weighted by atomic mass is 10.1. The van der Waals surface area contributed by atoms with Crippen molar-refractivity contribution in [1.82, 2.24) is 14.5 Å². The molecule has 32 heavy (non-hydrogen) atoms. The molecule has 0 aliphatic rings. The predicted molar refractivity (Wildman–Crippen MR) is 133 cm³/mol. The fourth-order valence-electron chi connectivity index (χ4n) is 3.81. The van der Waals surface area contributed by atoms with Crippen LogP contribution in [-0.4, -0.2) is 40.0 Å². The Morgan fingerprint density at radius 3 is 2.44 bits per heavy atom. The molecule has 7 nitrogen and oxygen atoms in total. The fourth-order valence-corrected chi connectivity index (χ4v) is 3.81. The molecule has 0 amide bonds. The second-order valence-corrected chi connectivity index (χ2v) is 9.20.